The summed E-state index contributed by atoms with van der Waals surface area (Å²) in [6.07, 6.45) is 1.61. The third-order valence-electron chi connectivity index (χ3n) is 0.563. The van der Waals surface area contributed by atoms with Gasteiger partial charge in [0.05, 0.1) is 4.62 Å². The predicted octanol–water partition coefficient (Wildman–Crippen LogP) is 1.87. The fourth-order valence-corrected chi connectivity index (χ4v) is 0.778. The summed E-state index contributed by atoms with van der Waals surface area (Å²) in [5, 5.41) is 0. The van der Waals surface area contributed by atoms with Gasteiger partial charge in [0.2, 0.25) is 0 Å². The zero-order valence-corrected chi connectivity index (χ0v) is 7.27. The predicted molar refractivity (Wildman–Crippen MR) is 46.4 cm³/mol. The molecule has 0 saturated carbocycles. The van der Waals surface area contributed by atoms with Crippen molar-refractivity contribution in [2.45, 2.75) is 19.3 Å². The topological polar surface area (TPSA) is 12.4 Å². The summed E-state index contributed by atoms with van der Waals surface area (Å²) in [5.41, 5.74) is -0.507. The molecule has 0 aromatic carbocycles. The third-order valence-corrected chi connectivity index (χ3v) is 1.06. The molecule has 0 aliphatic heterocycles. The molecule has 48 valence electrons. The van der Waals surface area contributed by atoms with Crippen molar-refractivity contribution in [2.75, 3.05) is 0 Å². The zero-order valence-electron chi connectivity index (χ0n) is 5.69. The lowest BCUT2D eigenvalue weighted by Crippen LogP contribution is -2.16. The van der Waals surface area contributed by atoms with Gasteiger partial charge in [0.15, 0.2) is 0 Å². The molecule has 3 heteroatoms. The molecule has 9 heavy (non-hydrogen) atoms. The molecule has 0 aliphatic rings. The highest BCUT2D eigenvalue weighted by Crippen LogP contribution is 2.05. The van der Waals surface area contributed by atoms with E-state index in [1.54, 1.807) is 6.08 Å². The Labute approximate surface area is 65.8 Å². The van der Waals surface area contributed by atoms with Crippen LogP contribution in [-0.2, 0) is 0 Å². The number of halogens is 1. The lowest BCUT2D eigenvalue weighted by atomic mass is 9.83. The average molecular weight is 186 g/mol. The van der Waals surface area contributed by atoms with Gasteiger partial charge in [0, 0.05) is 5.44 Å². The largest absolute Gasteiger partial charge is 0.282 e. The van der Waals surface area contributed by atoms with Gasteiger partial charge >= 0.3 is 0 Å². The maximum atomic E-state index is 5.55. The van der Waals surface area contributed by atoms with Crippen molar-refractivity contribution < 1.29 is 0 Å². The Kier molecular flexibility index (Phi) is 3.19. The maximum Gasteiger partial charge on any atom is 0.106 e. The highest BCUT2D eigenvalue weighted by Gasteiger charge is 2.05. The van der Waals surface area contributed by atoms with E-state index < -0.39 is 5.44 Å². The first-order valence-electron chi connectivity index (χ1n) is 2.62. The molecule has 1 nitrogen and oxygen atoms in total. The molecule has 0 bridgehead atoms. The Hall–Kier alpha value is -0.0451. The second-order valence-electron chi connectivity index (χ2n) is 2.29. The molecular weight excluding hydrogens is 177 g/mol. The molecule has 2 radical (unpaired) electrons. The minimum absolute atomic E-state index is 0.507. The molecule has 0 atom stereocenters. The number of allylic oxidation sites excluding steroid dienone is 1. The van der Waals surface area contributed by atoms with Gasteiger partial charge < -0.3 is 0 Å². The van der Waals surface area contributed by atoms with Crippen molar-refractivity contribution in [1.29, 1.82) is 0 Å². The van der Waals surface area contributed by atoms with E-state index in [1.165, 1.54) is 0 Å². The SMILES string of the molecule is [B]C(C)(C)N=C(Br)C=C. The molecule has 0 heterocycles. The number of hydrogen-bond donors (Lipinski definition) is 0. The van der Waals surface area contributed by atoms with E-state index in [4.69, 9.17) is 7.85 Å². The fourth-order valence-electron chi connectivity index (χ4n) is 0.321. The minimum Gasteiger partial charge on any atom is -0.282 e. The maximum absolute atomic E-state index is 5.55. The average Bonchev–Trinajstić information content (AvgIpc) is 1.62. The van der Waals surface area contributed by atoms with Crippen molar-refractivity contribution in [2.24, 2.45) is 4.99 Å². The molecule has 0 unspecified atom stereocenters. The highest BCUT2D eigenvalue weighted by molar-refractivity contribution is 9.18. The first-order chi connectivity index (χ1) is 3.95. The van der Waals surface area contributed by atoms with Crippen molar-refractivity contribution in [3.8, 4) is 0 Å². The van der Waals surface area contributed by atoms with Crippen molar-refractivity contribution >= 4 is 28.4 Å². The Balaban J connectivity index is 4.11. The van der Waals surface area contributed by atoms with Crippen LogP contribution in [0.4, 0.5) is 0 Å². The molecule has 0 aromatic rings. The Morgan fingerprint density at radius 3 is 2.33 bits per heavy atom. The molecule has 0 spiro atoms. The lowest BCUT2D eigenvalue weighted by Gasteiger charge is -2.11. The van der Waals surface area contributed by atoms with Crippen LogP contribution in [0.15, 0.2) is 17.6 Å². The van der Waals surface area contributed by atoms with E-state index in [0.29, 0.717) is 4.62 Å². The summed E-state index contributed by atoms with van der Waals surface area (Å²) < 4.78 is 0.690. The van der Waals surface area contributed by atoms with Crippen molar-refractivity contribution in [3.63, 3.8) is 0 Å². The van der Waals surface area contributed by atoms with Crippen LogP contribution < -0.4 is 0 Å². The minimum atomic E-state index is -0.507. The van der Waals surface area contributed by atoms with Crippen LogP contribution in [0.3, 0.4) is 0 Å². The molecule has 0 saturated heterocycles. The summed E-state index contributed by atoms with van der Waals surface area (Å²) in [6.45, 7) is 7.15. The first-order valence-corrected chi connectivity index (χ1v) is 3.41. The third kappa shape index (κ3) is 5.83. The summed E-state index contributed by atoms with van der Waals surface area (Å²) in [7, 11) is 5.55. The van der Waals surface area contributed by atoms with Gasteiger partial charge in [-0.05, 0) is 35.9 Å². The van der Waals surface area contributed by atoms with Crippen LogP contribution in [0.5, 0.6) is 0 Å². The van der Waals surface area contributed by atoms with Gasteiger partial charge in [0.25, 0.3) is 0 Å². The summed E-state index contributed by atoms with van der Waals surface area (Å²) >= 11 is 3.16. The standard InChI is InChI=1S/C6H9BBrN/c1-4-5(8)9-6(2,3)7/h4H,1H2,2-3H3. The Morgan fingerprint density at radius 1 is 1.78 bits per heavy atom. The van der Waals surface area contributed by atoms with Gasteiger partial charge in [-0.2, -0.15) is 0 Å². The van der Waals surface area contributed by atoms with Crippen LogP contribution in [-0.4, -0.2) is 17.9 Å². The summed E-state index contributed by atoms with van der Waals surface area (Å²) in [4.78, 5) is 4.02. The smallest absolute Gasteiger partial charge is 0.106 e. The van der Waals surface area contributed by atoms with Gasteiger partial charge in [-0.15, -0.1) is 0 Å². The normalized spacial score (nSPS) is 13.4. The van der Waals surface area contributed by atoms with Crippen LogP contribution in [0.1, 0.15) is 13.8 Å². The monoisotopic (exact) mass is 185 g/mol. The highest BCUT2D eigenvalue weighted by atomic mass is 79.9. The zero-order chi connectivity index (χ0) is 7.49. The first kappa shape index (κ1) is 8.95. The number of nitrogens with zero attached hydrogens (tertiary/aromatic N) is 1. The molecule has 0 N–H and O–H groups in total. The van der Waals surface area contributed by atoms with Gasteiger partial charge in [-0.1, -0.05) is 6.58 Å². The van der Waals surface area contributed by atoms with Crippen LogP contribution >= 0.6 is 15.9 Å². The summed E-state index contributed by atoms with van der Waals surface area (Å²) in [5.74, 6) is 0. The van der Waals surface area contributed by atoms with E-state index in [0.717, 1.165) is 0 Å². The molecular formula is C6H9BBrN. The van der Waals surface area contributed by atoms with Crippen molar-refractivity contribution in [1.82, 2.24) is 0 Å². The van der Waals surface area contributed by atoms with E-state index in [1.807, 2.05) is 13.8 Å². The molecule has 0 amide bonds. The van der Waals surface area contributed by atoms with E-state index in [2.05, 4.69) is 27.5 Å². The van der Waals surface area contributed by atoms with Crippen LogP contribution in [0.2, 0.25) is 0 Å². The van der Waals surface area contributed by atoms with E-state index in [9.17, 15) is 0 Å². The van der Waals surface area contributed by atoms with E-state index in [-0.39, 0.29) is 0 Å². The molecule has 0 aromatic heterocycles. The van der Waals surface area contributed by atoms with Crippen molar-refractivity contribution in [3.05, 3.63) is 12.7 Å². The molecule has 0 rings (SSSR count). The second-order valence-corrected chi connectivity index (χ2v) is 3.10. The van der Waals surface area contributed by atoms with Gasteiger partial charge in [-0.3, -0.25) is 4.99 Å². The quantitative estimate of drug-likeness (QED) is 0.460. The number of rotatable bonds is 2. The van der Waals surface area contributed by atoms with Crippen LogP contribution in [0, 0.1) is 0 Å². The molecule has 0 fully saturated rings. The van der Waals surface area contributed by atoms with Crippen LogP contribution in [0.25, 0.3) is 0 Å². The Morgan fingerprint density at radius 2 is 2.22 bits per heavy atom. The van der Waals surface area contributed by atoms with Gasteiger partial charge in [-0.25, -0.2) is 0 Å². The van der Waals surface area contributed by atoms with E-state index >= 15 is 0 Å². The Bertz CT molecular complexity index is 134. The number of aliphatic imine (C=N–C) groups is 1. The lowest BCUT2D eigenvalue weighted by molar-refractivity contribution is 0.748. The number of hydrogen-bond acceptors (Lipinski definition) is 1. The second kappa shape index (κ2) is 3.21. The van der Waals surface area contributed by atoms with Gasteiger partial charge in [0.1, 0.15) is 7.85 Å². The summed E-state index contributed by atoms with van der Waals surface area (Å²) in [6, 6.07) is 0. The fraction of sp³-hybridized carbons (Fsp3) is 0.500. The molecule has 0 aliphatic carbocycles.